The van der Waals surface area contributed by atoms with Crippen LogP contribution in [-0.4, -0.2) is 24.2 Å². The zero-order valence-electron chi connectivity index (χ0n) is 12.4. The lowest BCUT2D eigenvalue weighted by Gasteiger charge is -2.29. The maximum absolute atomic E-state index is 12.1. The molecule has 0 saturated heterocycles. The largest absolute Gasteiger partial charge is 0.456 e. The summed E-state index contributed by atoms with van der Waals surface area (Å²) in [5.41, 5.74) is 0.626. The average molecular weight is 267 g/mol. The molecule has 0 radical (unpaired) electrons. The number of carbonyl (C=O) groups is 1. The fraction of sp³-hybridized carbons (Fsp3) is 0.667. The number of hydrogen-bond acceptors (Lipinski definition) is 3. The van der Waals surface area contributed by atoms with Crippen molar-refractivity contribution in [1.29, 1.82) is 0 Å². The Morgan fingerprint density at radius 3 is 2.42 bits per heavy atom. The number of rotatable bonds is 7. The van der Waals surface area contributed by atoms with Crippen LogP contribution in [0.5, 0.6) is 0 Å². The molecule has 1 heterocycles. The predicted octanol–water partition coefficient (Wildman–Crippen LogP) is 2.68. The highest BCUT2D eigenvalue weighted by molar-refractivity contribution is 5.92. The first kappa shape index (κ1) is 15.8. The quantitative estimate of drug-likeness (QED) is 0.798. The van der Waals surface area contributed by atoms with E-state index < -0.39 is 0 Å². The zero-order valence-corrected chi connectivity index (χ0v) is 12.4. The first-order valence-corrected chi connectivity index (χ1v) is 7.00. The van der Waals surface area contributed by atoms with Crippen LogP contribution in [-0.2, 0) is 6.42 Å². The van der Waals surface area contributed by atoms with Gasteiger partial charge >= 0.3 is 0 Å². The second-order valence-electron chi connectivity index (χ2n) is 5.13. The molecule has 0 aliphatic rings. The topological polar surface area (TPSA) is 62.5 Å². The molecule has 0 spiro atoms. The highest BCUT2D eigenvalue weighted by atomic mass is 16.4. The van der Waals surface area contributed by atoms with Gasteiger partial charge in [-0.25, -0.2) is 0 Å². The molecule has 19 heavy (non-hydrogen) atoms. The number of carbonyl (C=O) groups excluding carboxylic acids is 1. The molecule has 1 aromatic heterocycles. The van der Waals surface area contributed by atoms with Gasteiger partial charge in [0, 0.05) is 23.9 Å². The Labute approximate surface area is 115 Å². The van der Waals surface area contributed by atoms with Gasteiger partial charge in [-0.2, -0.15) is 0 Å². The van der Waals surface area contributed by atoms with E-state index in [-0.39, 0.29) is 17.9 Å². The van der Waals surface area contributed by atoms with Crippen LogP contribution in [0.15, 0.2) is 10.5 Å². The highest BCUT2D eigenvalue weighted by Gasteiger charge is 2.27. The molecule has 0 aromatic carbocycles. The van der Waals surface area contributed by atoms with E-state index in [0.717, 1.165) is 30.6 Å². The maximum atomic E-state index is 12.1. The van der Waals surface area contributed by atoms with E-state index in [9.17, 15) is 9.90 Å². The molecule has 0 bridgehead atoms. The summed E-state index contributed by atoms with van der Waals surface area (Å²) in [7, 11) is 0. The number of aryl methyl sites for hydroxylation is 2. The molecule has 1 aromatic rings. The van der Waals surface area contributed by atoms with Crippen molar-refractivity contribution in [3.63, 3.8) is 0 Å². The van der Waals surface area contributed by atoms with Crippen LogP contribution in [0, 0.1) is 12.3 Å². The van der Waals surface area contributed by atoms with Gasteiger partial charge in [0.1, 0.15) is 5.76 Å². The van der Waals surface area contributed by atoms with Crippen LogP contribution in [0.25, 0.3) is 0 Å². The molecule has 0 saturated carbocycles. The number of hydrogen-bond donors (Lipinski definition) is 2. The molecule has 0 unspecified atom stereocenters. The van der Waals surface area contributed by atoms with Gasteiger partial charge in [0.15, 0.2) is 5.76 Å². The van der Waals surface area contributed by atoms with Crippen molar-refractivity contribution in [2.75, 3.05) is 13.2 Å². The van der Waals surface area contributed by atoms with Gasteiger partial charge in [-0.05, 0) is 25.8 Å². The van der Waals surface area contributed by atoms with Crippen molar-refractivity contribution in [3.8, 4) is 0 Å². The molecule has 2 N–H and O–H groups in total. The van der Waals surface area contributed by atoms with Gasteiger partial charge in [0.2, 0.25) is 0 Å². The van der Waals surface area contributed by atoms with Crippen LogP contribution in [0.1, 0.15) is 55.5 Å². The molecule has 108 valence electrons. The van der Waals surface area contributed by atoms with Gasteiger partial charge < -0.3 is 14.8 Å². The Balaban J connectivity index is 2.71. The van der Waals surface area contributed by atoms with Gasteiger partial charge in [-0.15, -0.1) is 0 Å². The third-order valence-corrected chi connectivity index (χ3v) is 3.98. The van der Waals surface area contributed by atoms with Crippen molar-refractivity contribution in [1.82, 2.24) is 5.32 Å². The minimum absolute atomic E-state index is 0.0810. The molecular weight excluding hydrogens is 242 g/mol. The number of aliphatic hydroxyl groups excluding tert-OH is 1. The second-order valence-corrected chi connectivity index (χ2v) is 5.13. The van der Waals surface area contributed by atoms with E-state index in [1.165, 1.54) is 0 Å². The molecule has 4 heteroatoms. The van der Waals surface area contributed by atoms with Gasteiger partial charge in [0.05, 0.1) is 6.61 Å². The Morgan fingerprint density at radius 2 is 2.00 bits per heavy atom. The molecule has 1 amide bonds. The van der Waals surface area contributed by atoms with Gasteiger partial charge in [-0.1, -0.05) is 20.8 Å². The summed E-state index contributed by atoms with van der Waals surface area (Å²) in [4.78, 5) is 12.1. The second kappa shape index (κ2) is 6.75. The SMILES string of the molecule is CCc1cc(C)c(C(=O)NCC(CC)(CC)CO)o1. The van der Waals surface area contributed by atoms with Crippen LogP contribution < -0.4 is 5.32 Å². The monoisotopic (exact) mass is 267 g/mol. The molecule has 0 aliphatic heterocycles. The predicted molar refractivity (Wildman–Crippen MR) is 75.3 cm³/mol. The van der Waals surface area contributed by atoms with E-state index in [1.807, 2.05) is 33.8 Å². The van der Waals surface area contributed by atoms with E-state index in [4.69, 9.17) is 4.42 Å². The summed E-state index contributed by atoms with van der Waals surface area (Å²) in [6, 6.07) is 1.90. The molecule has 0 atom stereocenters. The van der Waals surface area contributed by atoms with Crippen LogP contribution >= 0.6 is 0 Å². The lowest BCUT2D eigenvalue weighted by molar-refractivity contribution is 0.0825. The van der Waals surface area contributed by atoms with Crippen molar-refractivity contribution in [2.24, 2.45) is 5.41 Å². The third-order valence-electron chi connectivity index (χ3n) is 3.98. The number of amides is 1. The number of furan rings is 1. The van der Waals surface area contributed by atoms with Crippen molar-refractivity contribution in [3.05, 3.63) is 23.2 Å². The Morgan fingerprint density at radius 1 is 1.37 bits per heavy atom. The number of nitrogens with one attached hydrogen (secondary N) is 1. The van der Waals surface area contributed by atoms with Crippen molar-refractivity contribution < 1.29 is 14.3 Å². The van der Waals surface area contributed by atoms with E-state index in [2.05, 4.69) is 5.32 Å². The number of aliphatic hydroxyl groups is 1. The summed E-state index contributed by atoms with van der Waals surface area (Å²) in [6.07, 6.45) is 2.44. The van der Waals surface area contributed by atoms with E-state index in [1.54, 1.807) is 0 Å². The molecule has 4 nitrogen and oxygen atoms in total. The third kappa shape index (κ3) is 3.60. The van der Waals surface area contributed by atoms with Crippen molar-refractivity contribution in [2.45, 2.75) is 47.0 Å². The van der Waals surface area contributed by atoms with Crippen molar-refractivity contribution >= 4 is 5.91 Å². The average Bonchev–Trinajstić information content (AvgIpc) is 2.82. The molecule has 0 fully saturated rings. The van der Waals surface area contributed by atoms with Gasteiger partial charge in [-0.3, -0.25) is 4.79 Å². The zero-order chi connectivity index (χ0) is 14.5. The normalized spacial score (nSPS) is 11.6. The fourth-order valence-corrected chi connectivity index (χ4v) is 2.08. The van der Waals surface area contributed by atoms with Crippen LogP contribution in [0.4, 0.5) is 0 Å². The van der Waals surface area contributed by atoms with E-state index >= 15 is 0 Å². The van der Waals surface area contributed by atoms with Crippen LogP contribution in [0.3, 0.4) is 0 Å². The molecule has 1 rings (SSSR count). The summed E-state index contributed by atoms with van der Waals surface area (Å²) in [6.45, 7) is 8.47. The smallest absolute Gasteiger partial charge is 0.287 e. The summed E-state index contributed by atoms with van der Waals surface area (Å²) in [5.74, 6) is 1.01. The standard InChI is InChI=1S/C15H25NO3/c1-5-12-8-11(4)13(19-12)14(18)16-9-15(6-2,7-3)10-17/h8,17H,5-7,9-10H2,1-4H3,(H,16,18). The first-order valence-electron chi connectivity index (χ1n) is 7.00. The van der Waals surface area contributed by atoms with Gasteiger partial charge in [0.25, 0.3) is 5.91 Å². The summed E-state index contributed by atoms with van der Waals surface area (Å²) >= 11 is 0. The summed E-state index contributed by atoms with van der Waals surface area (Å²) < 4.78 is 5.52. The van der Waals surface area contributed by atoms with Crippen LogP contribution in [0.2, 0.25) is 0 Å². The first-order chi connectivity index (χ1) is 9.01. The Hall–Kier alpha value is -1.29. The molecular formula is C15H25NO3. The highest BCUT2D eigenvalue weighted by Crippen LogP contribution is 2.24. The minimum Gasteiger partial charge on any atom is -0.456 e. The fourth-order valence-electron chi connectivity index (χ4n) is 2.08. The molecule has 0 aliphatic carbocycles. The Bertz CT molecular complexity index is 411. The summed E-state index contributed by atoms with van der Waals surface area (Å²) in [5, 5.41) is 12.4. The minimum atomic E-state index is -0.232. The Kier molecular flexibility index (Phi) is 5.60. The lowest BCUT2D eigenvalue weighted by atomic mass is 9.83. The maximum Gasteiger partial charge on any atom is 0.287 e. The van der Waals surface area contributed by atoms with E-state index in [0.29, 0.717) is 12.3 Å². The lowest BCUT2D eigenvalue weighted by Crippen LogP contribution is -2.39.